The van der Waals surface area contributed by atoms with E-state index < -0.39 is 0 Å². The molecule has 0 unspecified atom stereocenters. The Labute approximate surface area is 180 Å². The highest BCUT2D eigenvalue weighted by atomic mass is 32.1. The van der Waals surface area contributed by atoms with Crippen LogP contribution in [0.2, 0.25) is 0 Å². The van der Waals surface area contributed by atoms with E-state index in [2.05, 4.69) is 91.6 Å². The van der Waals surface area contributed by atoms with E-state index >= 15 is 0 Å². The smallest absolute Gasteiger partial charge is 0.173 e. The summed E-state index contributed by atoms with van der Waals surface area (Å²) in [6.45, 7) is 6.84. The Kier molecular flexibility index (Phi) is 7.51. The quantitative estimate of drug-likeness (QED) is 0.628. The molecule has 1 aliphatic rings. The van der Waals surface area contributed by atoms with Crippen molar-refractivity contribution >= 4 is 28.7 Å². The number of thiocarbonyl (C=S) groups is 1. The second-order valence-electron chi connectivity index (χ2n) is 8.28. The summed E-state index contributed by atoms with van der Waals surface area (Å²) in [5, 5.41) is 4.17. The lowest BCUT2D eigenvalue weighted by Gasteiger charge is -2.28. The van der Waals surface area contributed by atoms with Crippen molar-refractivity contribution in [1.29, 1.82) is 0 Å². The molecule has 0 bridgehead atoms. The number of nitrogens with one attached hydrogen (secondary N) is 1. The molecule has 3 rings (SSSR count). The van der Waals surface area contributed by atoms with Gasteiger partial charge in [0, 0.05) is 45.2 Å². The van der Waals surface area contributed by atoms with Crippen LogP contribution in [0.15, 0.2) is 48.5 Å². The molecule has 1 heterocycles. The van der Waals surface area contributed by atoms with Crippen LogP contribution in [-0.2, 0) is 11.3 Å². The minimum atomic E-state index is 0.249. The second-order valence-corrected chi connectivity index (χ2v) is 8.67. The number of rotatable bonds is 7. The van der Waals surface area contributed by atoms with Gasteiger partial charge < -0.3 is 19.9 Å². The first-order valence-corrected chi connectivity index (χ1v) is 10.9. The zero-order chi connectivity index (χ0) is 20.8. The summed E-state index contributed by atoms with van der Waals surface area (Å²) >= 11 is 5.79. The molecule has 1 aliphatic heterocycles. The van der Waals surface area contributed by atoms with Crippen molar-refractivity contribution in [2.24, 2.45) is 0 Å². The molecule has 0 radical (unpaired) electrons. The highest BCUT2D eigenvalue weighted by Crippen LogP contribution is 2.20. The molecule has 1 atom stereocenters. The third-order valence-electron chi connectivity index (χ3n) is 5.39. The van der Waals surface area contributed by atoms with E-state index in [9.17, 15) is 0 Å². The first kappa shape index (κ1) is 21.6. The lowest BCUT2D eigenvalue weighted by Crippen LogP contribution is -2.39. The summed E-state index contributed by atoms with van der Waals surface area (Å²) in [6, 6.07) is 17.2. The van der Waals surface area contributed by atoms with Gasteiger partial charge in [-0.15, -0.1) is 0 Å². The van der Waals surface area contributed by atoms with E-state index in [0.29, 0.717) is 5.92 Å². The standard InChI is InChI=1S/C24H33N3OS/c1-18(2)20-9-11-21(12-10-20)25-24(29)27(17-23-6-5-15-28-23)16-19-7-13-22(14-8-19)26(3)4/h7-14,18,23H,5-6,15-17H2,1-4H3,(H,25,29)/t23-/m0/s1. The molecule has 1 fully saturated rings. The van der Waals surface area contributed by atoms with E-state index in [4.69, 9.17) is 17.0 Å². The average molecular weight is 412 g/mol. The lowest BCUT2D eigenvalue weighted by molar-refractivity contribution is 0.0905. The Morgan fingerprint density at radius 3 is 2.34 bits per heavy atom. The van der Waals surface area contributed by atoms with Gasteiger partial charge >= 0.3 is 0 Å². The van der Waals surface area contributed by atoms with Gasteiger partial charge in [-0.2, -0.15) is 0 Å². The van der Waals surface area contributed by atoms with E-state index in [1.165, 1.54) is 16.8 Å². The minimum Gasteiger partial charge on any atom is -0.378 e. The highest BCUT2D eigenvalue weighted by molar-refractivity contribution is 7.80. The Balaban J connectivity index is 1.70. The largest absolute Gasteiger partial charge is 0.378 e. The maximum absolute atomic E-state index is 5.88. The number of benzene rings is 2. The lowest BCUT2D eigenvalue weighted by atomic mass is 10.0. The van der Waals surface area contributed by atoms with Crippen molar-refractivity contribution < 1.29 is 4.74 Å². The monoisotopic (exact) mass is 411 g/mol. The van der Waals surface area contributed by atoms with E-state index in [1.807, 2.05) is 0 Å². The first-order valence-electron chi connectivity index (χ1n) is 10.5. The summed E-state index contributed by atoms with van der Waals surface area (Å²) in [5.74, 6) is 0.525. The van der Waals surface area contributed by atoms with Gasteiger partial charge in [0.1, 0.15) is 0 Å². The van der Waals surface area contributed by atoms with Crippen LogP contribution >= 0.6 is 12.2 Å². The molecule has 1 N–H and O–H groups in total. The van der Waals surface area contributed by atoms with Crippen molar-refractivity contribution in [1.82, 2.24) is 4.90 Å². The zero-order valence-electron chi connectivity index (χ0n) is 18.0. The molecule has 0 saturated carbocycles. The summed E-state index contributed by atoms with van der Waals surface area (Å²) in [5.41, 5.74) is 4.80. The van der Waals surface area contributed by atoms with Crippen molar-refractivity contribution in [3.8, 4) is 0 Å². The van der Waals surface area contributed by atoms with Crippen LogP contribution in [0, 0.1) is 0 Å². The molecule has 0 amide bonds. The van der Waals surface area contributed by atoms with Crippen LogP contribution in [0.1, 0.15) is 43.7 Å². The predicted molar refractivity (Wildman–Crippen MR) is 127 cm³/mol. The fraction of sp³-hybridized carbons (Fsp3) is 0.458. The van der Waals surface area contributed by atoms with E-state index in [1.54, 1.807) is 0 Å². The summed E-state index contributed by atoms with van der Waals surface area (Å²) in [4.78, 5) is 4.34. The number of hydrogen-bond acceptors (Lipinski definition) is 3. The number of nitrogens with zero attached hydrogens (tertiary/aromatic N) is 2. The molecule has 1 saturated heterocycles. The van der Waals surface area contributed by atoms with Gasteiger partial charge in [-0.3, -0.25) is 0 Å². The Morgan fingerprint density at radius 2 is 1.79 bits per heavy atom. The molecule has 0 aromatic heterocycles. The first-order chi connectivity index (χ1) is 13.9. The Morgan fingerprint density at radius 1 is 1.10 bits per heavy atom. The van der Waals surface area contributed by atoms with Crippen molar-refractivity contribution in [3.63, 3.8) is 0 Å². The van der Waals surface area contributed by atoms with Crippen molar-refractivity contribution in [3.05, 3.63) is 59.7 Å². The molecule has 29 heavy (non-hydrogen) atoms. The summed E-state index contributed by atoms with van der Waals surface area (Å²) < 4.78 is 5.88. The van der Waals surface area contributed by atoms with Crippen molar-refractivity contribution in [2.45, 2.75) is 45.3 Å². The maximum Gasteiger partial charge on any atom is 0.173 e. The number of hydrogen-bond donors (Lipinski definition) is 1. The highest BCUT2D eigenvalue weighted by Gasteiger charge is 2.21. The second kappa shape index (κ2) is 10.1. The van der Waals surface area contributed by atoms with Crippen LogP contribution in [0.25, 0.3) is 0 Å². The normalized spacial score (nSPS) is 16.1. The molecule has 2 aromatic carbocycles. The van der Waals surface area contributed by atoms with E-state index in [-0.39, 0.29) is 6.10 Å². The minimum absolute atomic E-state index is 0.249. The zero-order valence-corrected chi connectivity index (χ0v) is 18.8. The topological polar surface area (TPSA) is 27.7 Å². The van der Waals surface area contributed by atoms with Crippen molar-refractivity contribution in [2.75, 3.05) is 37.5 Å². The van der Waals surface area contributed by atoms with Crippen LogP contribution in [0.4, 0.5) is 11.4 Å². The fourth-order valence-corrected chi connectivity index (χ4v) is 3.78. The molecule has 156 valence electrons. The molecular weight excluding hydrogens is 378 g/mol. The molecular formula is C24H33N3OS. The molecule has 0 aliphatic carbocycles. The summed E-state index contributed by atoms with van der Waals surface area (Å²) in [6.07, 6.45) is 2.48. The van der Waals surface area contributed by atoms with Crippen LogP contribution in [0.3, 0.4) is 0 Å². The Hall–Kier alpha value is -2.11. The SMILES string of the molecule is CC(C)c1ccc(NC(=S)N(Cc2ccc(N(C)C)cc2)C[C@@H]2CCCO2)cc1. The van der Waals surface area contributed by atoms with Crippen LogP contribution < -0.4 is 10.2 Å². The third kappa shape index (κ3) is 6.18. The fourth-order valence-electron chi connectivity index (χ4n) is 3.53. The van der Waals surface area contributed by atoms with Crippen LogP contribution in [-0.4, -0.2) is 43.4 Å². The average Bonchev–Trinajstić information content (AvgIpc) is 3.21. The molecule has 2 aromatic rings. The molecule has 4 nitrogen and oxygen atoms in total. The number of anilines is 2. The van der Waals surface area contributed by atoms with E-state index in [0.717, 1.165) is 43.3 Å². The third-order valence-corrected chi connectivity index (χ3v) is 5.75. The molecule has 0 spiro atoms. The van der Waals surface area contributed by atoms with Gasteiger partial charge in [-0.05, 0) is 66.4 Å². The van der Waals surface area contributed by atoms with Gasteiger partial charge in [0.15, 0.2) is 5.11 Å². The predicted octanol–water partition coefficient (Wildman–Crippen LogP) is 5.25. The Bertz CT molecular complexity index is 781. The summed E-state index contributed by atoms with van der Waals surface area (Å²) in [7, 11) is 4.12. The van der Waals surface area contributed by atoms with Gasteiger partial charge in [-0.25, -0.2) is 0 Å². The van der Waals surface area contributed by atoms with Crippen LogP contribution in [0.5, 0.6) is 0 Å². The van der Waals surface area contributed by atoms with Gasteiger partial charge in [0.25, 0.3) is 0 Å². The maximum atomic E-state index is 5.88. The molecule has 5 heteroatoms. The van der Waals surface area contributed by atoms with Gasteiger partial charge in [-0.1, -0.05) is 38.1 Å². The van der Waals surface area contributed by atoms with Gasteiger partial charge in [0.2, 0.25) is 0 Å². The number of ether oxygens (including phenoxy) is 1. The van der Waals surface area contributed by atoms with Gasteiger partial charge in [0.05, 0.1) is 6.10 Å².